The molecule has 143 heavy (non-hydrogen) atoms. The lowest BCUT2D eigenvalue weighted by Crippen LogP contribution is -3.00. The number of rotatable bonds is 37. The molecule has 9 heterocycles. The van der Waals surface area contributed by atoms with E-state index < -0.39 is 91.0 Å². The molecule has 9 aromatic carbocycles. The Hall–Kier alpha value is -7.38. The average molecular weight is 2120 g/mol. The van der Waals surface area contributed by atoms with E-state index in [1.54, 1.807) is 18.2 Å². The monoisotopic (exact) mass is 2120 g/mol. The lowest BCUT2D eigenvalue weighted by molar-refractivity contribution is -0.953. The lowest BCUT2D eigenvalue weighted by Gasteiger charge is -2.50. The number of fused-ring (bicyclic) bond motifs is 9. The van der Waals surface area contributed by atoms with Gasteiger partial charge in [-0.3, -0.25) is 14.7 Å². The van der Waals surface area contributed by atoms with Crippen molar-refractivity contribution in [2.45, 2.75) is 247 Å². The van der Waals surface area contributed by atoms with Crippen LogP contribution in [0.5, 0.6) is 17.2 Å². The molecule has 9 aliphatic heterocycles. The minimum atomic E-state index is -3.63. The van der Waals surface area contributed by atoms with Gasteiger partial charge in [0.15, 0.2) is 29.5 Å². The second-order valence-corrected chi connectivity index (χ2v) is 50.0. The molecule has 4 bridgehead atoms. The number of hydrogen-bond acceptors (Lipinski definition) is 20. The van der Waals surface area contributed by atoms with Crippen molar-refractivity contribution in [1.82, 2.24) is 14.7 Å². The van der Waals surface area contributed by atoms with E-state index in [2.05, 4.69) is 102 Å². The van der Waals surface area contributed by atoms with Gasteiger partial charge in [0.1, 0.15) is 43.6 Å². The normalized spacial score (nSPS) is 22.4. The fraction of sp³-hybridized carbons (Fsp3) is 0.526. The minimum Gasteiger partial charge on any atom is -1.00 e. The summed E-state index contributed by atoms with van der Waals surface area (Å²) in [7, 11) is 8.15. The third-order valence-corrected chi connectivity index (χ3v) is 37.0. The number of sulfone groups is 3. The predicted octanol–water partition coefficient (Wildman–Crippen LogP) is 18.5. The van der Waals surface area contributed by atoms with Gasteiger partial charge in [0.05, 0.1) is 76.5 Å². The SMILES string of the molecule is C1CN2CCN1CC2.CCCCC1(CCCC)CS(=O)(=O)c2ccc(N(C)C)cc2[C@@H](c2ccc(OCc3ccc(CCl)cc3)cc2)[C@H]1O.CCCCC1(CCCC)CS(=O)(=O)c2ccc(N(C)C)cc2[C@@H](c2ccc(OCc3ccc(CO)cc3)cc2)[C@H]1O.CCCCC1(CCCC)CS(=O)(=O)c2ccc(N(C)C)cc2[C@@H](c2ccc(OCc3ccc(C[N+]45CCN(CC4)CC5)cc3)cc2)[C@H]1O.O=S(Cl)Cl.[Cl-]. The quantitative estimate of drug-likeness (QED) is 0.0160. The smallest absolute Gasteiger partial charge is 0.211 e. The molecule has 0 aromatic heterocycles. The largest absolute Gasteiger partial charge is 1.00 e. The Morgan fingerprint density at radius 2 is 0.601 bits per heavy atom. The van der Waals surface area contributed by atoms with Gasteiger partial charge in [-0.15, -0.1) is 11.6 Å². The molecule has 4 N–H and O–H groups in total. The zero-order valence-corrected chi connectivity index (χ0v) is 92.5. The molecule has 6 atom stereocenters. The molecule has 0 amide bonds. The molecule has 0 spiro atoms. The highest BCUT2D eigenvalue weighted by Crippen LogP contribution is 2.55. The summed E-state index contributed by atoms with van der Waals surface area (Å²) in [6, 6.07) is 64.8. The Morgan fingerprint density at radius 1 is 0.364 bits per heavy atom. The number of alkyl halides is 1. The summed E-state index contributed by atoms with van der Waals surface area (Å²) in [5.41, 5.74) is 11.8. The molecular weight excluding hydrogens is 1960 g/mol. The van der Waals surface area contributed by atoms with Crippen molar-refractivity contribution in [2.75, 3.05) is 153 Å². The standard InChI is InChI=1S/C40H56N3O4S.C34H44ClNO4S.C34H45NO5S.C6H12N2.Cl2OS.ClH/c1-5-7-19-40(20-8-6-2)30-48(45,46)37-18-15-34(41(3)4)27-36(37)38(39(40)44)33-13-16-35(17-14-33)47-29-32-11-9-31(10-12-32)28-43-24-21-42(22-25-43)23-26-43;1-5-7-19-34(20-8-6-2)24-41(38,39)31-18-15-28(36(3)4)21-30(31)32(33(34)37)27-13-16-29(17-14-27)40-23-26-11-9-25(22-35)10-12-26;1-5-7-19-34(20-8-6-2)24-41(38,39)31-18-15-28(35(3)4)21-30(31)32(33(34)37)27-13-16-29(17-14-27)40-23-26-11-9-25(22-36)10-12-26;1-2-8-5-3-7(1)4-6-8;1-4(2)3;/h9-18,27,38-39,44H,5-8,19-26,28-30H2,1-4H3;9-18,21,32-33,37H,5-8,19-20,22-24H2,1-4H3;9-18,21,32-33,36-37H,5-8,19-20,22-24H2,1-4H3;1-6H2;;1H/q+1;;;;;/p-1/t38-,39-;2*32-,33-;;;/m111.../s1. The summed E-state index contributed by atoms with van der Waals surface area (Å²) < 4.78 is 113. The molecule has 9 aliphatic rings. The van der Waals surface area contributed by atoms with Crippen LogP contribution in [0.15, 0.2) is 215 Å². The Morgan fingerprint density at radius 3 is 0.832 bits per heavy atom. The Kier molecular flexibility index (Phi) is 43.5. The van der Waals surface area contributed by atoms with Gasteiger partial charge >= 0.3 is 0 Å². The fourth-order valence-corrected chi connectivity index (χ4v) is 28.8. The van der Waals surface area contributed by atoms with Crippen molar-refractivity contribution in [3.63, 3.8) is 0 Å². The molecule has 0 aliphatic carbocycles. The summed E-state index contributed by atoms with van der Waals surface area (Å²) in [5.74, 6) is 1.12. The third-order valence-electron chi connectivity index (χ3n) is 30.7. The second kappa shape index (κ2) is 53.7. The van der Waals surface area contributed by atoms with Crippen LogP contribution in [0.4, 0.5) is 17.1 Å². The van der Waals surface area contributed by atoms with Crippen LogP contribution >= 0.6 is 33.0 Å². The first-order chi connectivity index (χ1) is 68.0. The number of ether oxygens (including phenoxy) is 3. The lowest BCUT2D eigenvalue weighted by atomic mass is 9.68. The molecule has 9 aromatic rings. The van der Waals surface area contributed by atoms with Gasteiger partial charge in [-0.2, -0.15) is 0 Å². The number of unbranched alkanes of at least 4 members (excludes halogenated alkanes) is 6. The highest BCUT2D eigenvalue weighted by Gasteiger charge is 2.54. The van der Waals surface area contributed by atoms with E-state index in [-0.39, 0.29) is 36.3 Å². The van der Waals surface area contributed by atoms with Gasteiger partial charge in [0.2, 0.25) is 9.23 Å². The fourth-order valence-electron chi connectivity index (χ4n) is 22.1. The maximum Gasteiger partial charge on any atom is 0.211 e. The molecule has 784 valence electrons. The molecule has 18 rings (SSSR count). The second-order valence-electron chi connectivity index (χ2n) is 41.3. The number of aliphatic hydroxyl groups excluding tert-OH is 4. The van der Waals surface area contributed by atoms with Gasteiger partial charge in [-0.05, 0) is 191 Å². The zero-order chi connectivity index (χ0) is 102. The van der Waals surface area contributed by atoms with Crippen molar-refractivity contribution < 1.29 is 81.0 Å². The van der Waals surface area contributed by atoms with Crippen molar-refractivity contribution in [2.24, 2.45) is 16.2 Å². The van der Waals surface area contributed by atoms with Crippen molar-refractivity contribution in [1.29, 1.82) is 0 Å². The van der Waals surface area contributed by atoms with E-state index in [9.17, 15) is 45.7 Å². The zero-order valence-electron chi connectivity index (χ0n) is 86.2. The van der Waals surface area contributed by atoms with Gasteiger partial charge in [-0.25, -0.2) is 29.5 Å². The Bertz CT molecular complexity index is 5580. The van der Waals surface area contributed by atoms with E-state index >= 15 is 0 Å². The number of benzene rings is 9. The first-order valence-corrected chi connectivity index (χ1v) is 59.8. The van der Waals surface area contributed by atoms with Crippen LogP contribution < -0.4 is 41.3 Å². The van der Waals surface area contributed by atoms with E-state index in [0.29, 0.717) is 101 Å². The van der Waals surface area contributed by atoms with E-state index in [1.165, 1.54) is 88.6 Å². The molecule has 0 radical (unpaired) electrons. The van der Waals surface area contributed by atoms with Crippen LogP contribution in [0.1, 0.15) is 242 Å². The summed E-state index contributed by atoms with van der Waals surface area (Å²) in [6.45, 7) is 30.5. The highest BCUT2D eigenvalue weighted by atomic mass is 36.0. The highest BCUT2D eigenvalue weighted by molar-refractivity contribution is 8.26. The number of hydrogen-bond donors (Lipinski definition) is 4. The van der Waals surface area contributed by atoms with E-state index in [0.717, 1.165) is 157 Å². The summed E-state index contributed by atoms with van der Waals surface area (Å²) in [6.07, 6.45) is 12.5. The van der Waals surface area contributed by atoms with Crippen LogP contribution in [0.2, 0.25) is 0 Å². The van der Waals surface area contributed by atoms with Gasteiger partial charge in [0.25, 0.3) is 0 Å². The van der Waals surface area contributed by atoms with Crippen LogP contribution in [0, 0.1) is 16.2 Å². The van der Waals surface area contributed by atoms with Crippen LogP contribution in [0.3, 0.4) is 0 Å². The summed E-state index contributed by atoms with van der Waals surface area (Å²) >= 11 is 5.91. The Labute approximate surface area is 877 Å². The molecule has 21 nitrogen and oxygen atoms in total. The van der Waals surface area contributed by atoms with Crippen LogP contribution in [-0.4, -0.2) is 225 Å². The number of nitrogens with zero attached hydrogens (tertiary/aromatic N) is 7. The summed E-state index contributed by atoms with van der Waals surface area (Å²) in [4.78, 5) is 14.6. The van der Waals surface area contributed by atoms with Crippen molar-refractivity contribution in [3.8, 4) is 17.2 Å². The van der Waals surface area contributed by atoms with Gasteiger partial charge in [0, 0.05) is 185 Å². The van der Waals surface area contributed by atoms with Gasteiger partial charge in [-0.1, -0.05) is 228 Å². The molecular formula is C114H157Cl4N7O14S4. The summed E-state index contributed by atoms with van der Waals surface area (Å²) in [5, 5.41) is 46.3. The van der Waals surface area contributed by atoms with Crippen molar-refractivity contribution >= 4 is 88.8 Å². The van der Waals surface area contributed by atoms with E-state index in [1.807, 2.05) is 215 Å². The first-order valence-electron chi connectivity index (χ1n) is 51.5. The van der Waals surface area contributed by atoms with Gasteiger partial charge < -0.3 is 66.2 Å². The molecule has 0 saturated carbocycles. The van der Waals surface area contributed by atoms with Crippen LogP contribution in [0.25, 0.3) is 0 Å². The molecule has 29 heteroatoms. The number of piperazine rings is 6. The average Bonchev–Trinajstić information content (AvgIpc) is 1.60. The minimum absolute atomic E-state index is 0. The Balaban J connectivity index is 0.000000192. The third kappa shape index (κ3) is 30.1. The maximum atomic E-state index is 14.1. The number of aliphatic hydroxyl groups is 4. The maximum absolute atomic E-state index is 14.1. The number of anilines is 3. The molecule has 6 fully saturated rings. The number of halogens is 4. The predicted molar refractivity (Wildman–Crippen MR) is 581 cm³/mol. The van der Waals surface area contributed by atoms with Crippen molar-refractivity contribution in [3.05, 3.63) is 267 Å². The van der Waals surface area contributed by atoms with E-state index in [4.69, 9.17) is 30.0 Å². The molecule has 6 saturated heterocycles. The molecule has 0 unspecified atom stereocenters. The first kappa shape index (κ1) is 116. The number of quaternary nitrogens is 1. The van der Waals surface area contributed by atoms with Crippen LogP contribution in [-0.2, 0) is 77.6 Å². The topological polar surface area (TPSA) is 248 Å².